The van der Waals surface area contributed by atoms with Crippen LogP contribution in [0.4, 0.5) is 0 Å². The first-order valence-corrected chi connectivity index (χ1v) is 20.7. The lowest BCUT2D eigenvalue weighted by Gasteiger charge is -2.51. The fraction of sp³-hybridized carbons (Fsp3) is 0.375. The van der Waals surface area contributed by atoms with Gasteiger partial charge in [-0.25, -0.2) is 0 Å². The van der Waals surface area contributed by atoms with Crippen molar-refractivity contribution in [3.05, 3.63) is 122 Å². The van der Waals surface area contributed by atoms with Crippen molar-refractivity contribution in [1.82, 2.24) is 30.0 Å². The summed E-state index contributed by atoms with van der Waals surface area (Å²) in [5, 5.41) is 13.5. The monoisotopic (exact) mass is 774 g/mol. The zero-order valence-electron chi connectivity index (χ0n) is 33.2. The van der Waals surface area contributed by atoms with Crippen molar-refractivity contribution < 1.29 is 18.9 Å². The number of piperidine rings is 6. The first-order chi connectivity index (χ1) is 28.5. The zero-order valence-corrected chi connectivity index (χ0v) is 33.2. The molecule has 0 aliphatic carbocycles. The van der Waals surface area contributed by atoms with E-state index < -0.39 is 0 Å². The molecule has 0 amide bonds. The van der Waals surface area contributed by atoms with Crippen molar-refractivity contribution in [2.45, 2.75) is 50.0 Å². The molecule has 6 aromatic rings. The van der Waals surface area contributed by atoms with Crippen molar-refractivity contribution in [2.75, 3.05) is 40.4 Å². The van der Waals surface area contributed by atoms with Gasteiger partial charge in [0.05, 0.1) is 48.1 Å². The number of aromatic nitrogens is 4. The number of hydrogen-bond donors (Lipinski definition) is 0. The van der Waals surface area contributed by atoms with Crippen molar-refractivity contribution >= 4 is 32.6 Å². The summed E-state index contributed by atoms with van der Waals surface area (Å²) in [6.07, 6.45) is 11.7. The van der Waals surface area contributed by atoms with Crippen LogP contribution in [-0.2, 0) is 0 Å². The molecule has 6 aliphatic rings. The highest BCUT2D eigenvalue weighted by Gasteiger charge is 2.46. The van der Waals surface area contributed by atoms with E-state index in [1.165, 1.54) is 0 Å². The van der Waals surface area contributed by atoms with E-state index >= 15 is 0 Å². The molecule has 9 heterocycles. The van der Waals surface area contributed by atoms with Crippen LogP contribution >= 0.6 is 0 Å². The Hall–Kier alpha value is -5.58. The third-order valence-electron chi connectivity index (χ3n) is 13.7. The highest BCUT2D eigenvalue weighted by molar-refractivity contribution is 5.91. The summed E-state index contributed by atoms with van der Waals surface area (Å²) < 4.78 is 25.9. The molecule has 10 nitrogen and oxygen atoms in total. The number of hydrogen-bond acceptors (Lipinski definition) is 10. The molecule has 0 radical (unpaired) electrons. The Morgan fingerprint density at radius 2 is 1.09 bits per heavy atom. The number of rotatable bonds is 12. The third kappa shape index (κ3) is 6.43. The van der Waals surface area contributed by atoms with Crippen LogP contribution in [0.15, 0.2) is 111 Å². The Kier molecular flexibility index (Phi) is 9.69. The van der Waals surface area contributed by atoms with Crippen LogP contribution in [0.1, 0.15) is 49.0 Å². The van der Waals surface area contributed by atoms with Gasteiger partial charge in [-0.1, -0.05) is 24.3 Å². The zero-order chi connectivity index (χ0) is 39.3. The van der Waals surface area contributed by atoms with Crippen LogP contribution in [0.25, 0.3) is 32.6 Å². The Morgan fingerprint density at radius 1 is 0.621 bits per heavy atom. The molecule has 6 aliphatic heterocycles. The summed E-state index contributed by atoms with van der Waals surface area (Å²) in [7, 11) is 3.40. The van der Waals surface area contributed by atoms with Gasteiger partial charge in [0, 0.05) is 47.4 Å². The van der Waals surface area contributed by atoms with Crippen LogP contribution in [-0.4, -0.2) is 82.4 Å². The molecule has 3 aromatic carbocycles. The normalized spacial score (nSPS) is 27.3. The SMILES string of the molecule is C=CC1CN2CC[C@@H]1C[C@@H]2[C@@H](Oc1nnc(O[C@@H](c2ccnc3ccc(OC)cc23)[C@H]2C[C@H]3CCN2CC3C=C)c2ccccc12)c1ccnc2ccc(OC)cc12. The Balaban J connectivity index is 1.07. The van der Waals surface area contributed by atoms with Gasteiger partial charge in [-0.3, -0.25) is 19.8 Å². The van der Waals surface area contributed by atoms with Gasteiger partial charge >= 0.3 is 0 Å². The summed E-state index contributed by atoms with van der Waals surface area (Å²) >= 11 is 0. The molecule has 0 N–H and O–H groups in total. The van der Waals surface area contributed by atoms with Gasteiger partial charge in [-0.15, -0.1) is 23.4 Å². The van der Waals surface area contributed by atoms with Gasteiger partial charge in [0.2, 0.25) is 11.8 Å². The lowest BCUT2D eigenvalue weighted by atomic mass is 9.73. The van der Waals surface area contributed by atoms with E-state index in [0.29, 0.717) is 35.4 Å². The smallest absolute Gasteiger partial charge is 0.242 e. The van der Waals surface area contributed by atoms with Gasteiger partial charge in [0.15, 0.2) is 0 Å². The predicted molar refractivity (Wildman–Crippen MR) is 226 cm³/mol. The van der Waals surface area contributed by atoms with E-state index in [2.05, 4.69) is 71.5 Å². The molecule has 6 fully saturated rings. The lowest BCUT2D eigenvalue weighted by molar-refractivity contribution is -0.0382. The van der Waals surface area contributed by atoms with Crippen molar-refractivity contribution in [1.29, 1.82) is 0 Å². The van der Waals surface area contributed by atoms with Crippen LogP contribution in [0.2, 0.25) is 0 Å². The van der Waals surface area contributed by atoms with Crippen molar-refractivity contribution in [2.24, 2.45) is 23.7 Å². The molecule has 0 spiro atoms. The Labute approximate surface area is 339 Å². The van der Waals surface area contributed by atoms with E-state index in [9.17, 15) is 0 Å². The van der Waals surface area contributed by atoms with Crippen LogP contribution in [0.5, 0.6) is 23.3 Å². The molecule has 296 valence electrons. The average molecular weight is 775 g/mol. The van der Waals surface area contributed by atoms with Crippen LogP contribution in [0, 0.1) is 23.7 Å². The van der Waals surface area contributed by atoms with Crippen LogP contribution < -0.4 is 18.9 Å². The molecule has 10 atom stereocenters. The summed E-state index contributed by atoms with van der Waals surface area (Å²) in [6, 6.07) is 24.7. The molecule has 6 saturated heterocycles. The van der Waals surface area contributed by atoms with Gasteiger partial charge in [-0.2, -0.15) is 0 Å². The number of fused-ring (bicyclic) bond motifs is 9. The molecule has 58 heavy (non-hydrogen) atoms. The quantitative estimate of drug-likeness (QED) is 0.112. The summed E-state index contributed by atoms with van der Waals surface area (Å²) in [4.78, 5) is 14.6. The van der Waals surface area contributed by atoms with E-state index in [1.54, 1.807) is 14.2 Å². The second-order valence-electron chi connectivity index (χ2n) is 16.5. The minimum atomic E-state index is -0.343. The predicted octanol–water partition coefficient (Wildman–Crippen LogP) is 8.78. The number of nitrogens with zero attached hydrogens (tertiary/aromatic N) is 6. The van der Waals surface area contributed by atoms with Gasteiger partial charge < -0.3 is 18.9 Å². The lowest BCUT2D eigenvalue weighted by Crippen LogP contribution is -2.55. The molecule has 4 bridgehead atoms. The largest absolute Gasteiger partial charge is 0.497 e. The number of benzene rings is 3. The van der Waals surface area contributed by atoms with Gasteiger partial charge in [0.25, 0.3) is 0 Å². The maximum atomic E-state index is 7.26. The second-order valence-corrected chi connectivity index (χ2v) is 16.5. The highest BCUT2D eigenvalue weighted by Crippen LogP contribution is 2.47. The fourth-order valence-corrected chi connectivity index (χ4v) is 10.6. The van der Waals surface area contributed by atoms with E-state index in [-0.39, 0.29) is 24.3 Å². The number of methoxy groups -OCH3 is 2. The first-order valence-electron chi connectivity index (χ1n) is 20.7. The third-order valence-corrected chi connectivity index (χ3v) is 13.7. The Bertz CT molecular complexity index is 2340. The molecular formula is C48H50N6O4. The summed E-state index contributed by atoms with van der Waals surface area (Å²) in [5.41, 5.74) is 3.90. The second kappa shape index (κ2) is 15.3. The maximum Gasteiger partial charge on any atom is 0.242 e. The molecule has 0 saturated carbocycles. The van der Waals surface area contributed by atoms with Crippen molar-refractivity contribution in [3.8, 4) is 23.3 Å². The average Bonchev–Trinajstić information content (AvgIpc) is 3.29. The molecular weight excluding hydrogens is 725 g/mol. The minimum Gasteiger partial charge on any atom is -0.497 e. The minimum absolute atomic E-state index is 0.125. The maximum absolute atomic E-state index is 7.26. The van der Waals surface area contributed by atoms with E-state index in [4.69, 9.17) is 39.1 Å². The Morgan fingerprint density at radius 3 is 1.48 bits per heavy atom. The van der Waals surface area contributed by atoms with Crippen molar-refractivity contribution in [3.63, 3.8) is 0 Å². The number of ether oxygens (including phenoxy) is 4. The molecule has 4 unspecified atom stereocenters. The standard InChI is InChI=1S/C48H50N6O4/c1-5-29-27-53-21-17-31(29)23-43(53)45(35-15-19-49-41-13-11-33(55-3)25-39(35)41)57-47-37-9-7-8-10-38(37)48(52-51-47)58-46(44-24-32-18-22-54(44)28-30(32)6-2)36-16-20-50-42-14-12-34(56-4)26-40(36)42/h5-16,19-20,25-26,29-32,43-46H,1-2,17-18,21-24,27-28H2,3-4H3/t29?,30?,31-,32-,43-,44-,45+,46+/m1/s1. The summed E-state index contributed by atoms with van der Waals surface area (Å²) in [6.45, 7) is 12.3. The van der Waals surface area contributed by atoms with Gasteiger partial charge in [-0.05, 0) is 123 Å². The van der Waals surface area contributed by atoms with Crippen LogP contribution in [0.3, 0.4) is 0 Å². The molecule has 3 aromatic heterocycles. The first kappa shape index (κ1) is 36.7. The fourth-order valence-electron chi connectivity index (χ4n) is 10.6. The topological polar surface area (TPSA) is 95.0 Å². The highest BCUT2D eigenvalue weighted by atomic mass is 16.5. The van der Waals surface area contributed by atoms with Gasteiger partial charge in [0.1, 0.15) is 23.7 Å². The number of pyridine rings is 2. The van der Waals surface area contributed by atoms with E-state index in [0.717, 1.165) is 107 Å². The summed E-state index contributed by atoms with van der Waals surface area (Å²) in [5.74, 6) is 4.57. The van der Waals surface area contributed by atoms with E-state index in [1.807, 2.05) is 48.8 Å². The molecule has 10 heteroatoms. The molecule has 12 rings (SSSR count).